The minimum Gasteiger partial charge on any atom is -0.266 e. The van der Waals surface area contributed by atoms with Crippen molar-refractivity contribution in [3.05, 3.63) is 12.3 Å². The maximum Gasteiger partial charge on any atom is 0.257 e. The van der Waals surface area contributed by atoms with Crippen LogP contribution in [0.4, 0.5) is 0 Å². The topological polar surface area (TPSA) is 74.8 Å². The number of hydrogen-bond donors (Lipinski definition) is 2. The number of alkyl halides is 1. The number of nitrogens with zero attached hydrogens (tertiary/aromatic N) is 1. The summed E-state index contributed by atoms with van der Waals surface area (Å²) in [5.41, 5.74) is 0. The van der Waals surface area contributed by atoms with E-state index in [1.807, 2.05) is 6.92 Å². The van der Waals surface area contributed by atoms with Gasteiger partial charge < -0.3 is 0 Å². The predicted molar refractivity (Wildman–Crippen MR) is 53.7 cm³/mol. The van der Waals surface area contributed by atoms with Crippen LogP contribution in [0, 0.1) is 5.92 Å². The Kier molecular flexibility index (Phi) is 3.91. The number of sulfonamides is 1. The third-order valence-electron chi connectivity index (χ3n) is 1.65. The van der Waals surface area contributed by atoms with Gasteiger partial charge in [-0.3, -0.25) is 5.10 Å². The molecule has 2 N–H and O–H groups in total. The predicted octanol–water partition coefficient (Wildman–Crippen LogP) is 0.563. The fraction of sp³-hybridized carbons (Fsp3) is 0.571. The molecule has 0 saturated heterocycles. The summed E-state index contributed by atoms with van der Waals surface area (Å²) in [6, 6.07) is 1.40. The molecule has 80 valence electrons. The van der Waals surface area contributed by atoms with E-state index >= 15 is 0 Å². The van der Waals surface area contributed by atoms with E-state index < -0.39 is 10.0 Å². The van der Waals surface area contributed by atoms with Crippen molar-refractivity contribution in [1.82, 2.24) is 14.9 Å². The second-order valence-electron chi connectivity index (χ2n) is 3.03. The van der Waals surface area contributed by atoms with Crippen molar-refractivity contribution in [3.8, 4) is 0 Å². The van der Waals surface area contributed by atoms with Crippen LogP contribution in [0.5, 0.6) is 0 Å². The minimum atomic E-state index is -3.45. The minimum absolute atomic E-state index is 0.0688. The summed E-state index contributed by atoms with van der Waals surface area (Å²) in [7, 11) is -3.45. The molecule has 1 atom stereocenters. The smallest absolute Gasteiger partial charge is 0.257 e. The van der Waals surface area contributed by atoms with Gasteiger partial charge in [0.2, 0.25) is 0 Å². The molecule has 0 radical (unpaired) electrons. The highest BCUT2D eigenvalue weighted by molar-refractivity contribution is 7.89. The Morgan fingerprint density at radius 3 is 2.93 bits per heavy atom. The van der Waals surface area contributed by atoms with Gasteiger partial charge in [-0.2, -0.15) is 5.10 Å². The summed E-state index contributed by atoms with van der Waals surface area (Å²) in [5, 5.41) is 6.02. The first-order valence-electron chi connectivity index (χ1n) is 4.11. The Morgan fingerprint density at radius 1 is 1.71 bits per heavy atom. The lowest BCUT2D eigenvalue weighted by Gasteiger charge is -2.08. The van der Waals surface area contributed by atoms with E-state index in [4.69, 9.17) is 11.6 Å². The lowest BCUT2D eigenvalue weighted by molar-refractivity contribution is 0.558. The maximum absolute atomic E-state index is 11.5. The standard InChI is InChI=1S/C7H12ClN3O2S/c1-6(4-8)5-10-14(12,13)7-2-3-9-11-7/h2-3,6,10H,4-5H2,1H3,(H,9,11). The van der Waals surface area contributed by atoms with Gasteiger partial charge in [0.25, 0.3) is 10.0 Å². The highest BCUT2D eigenvalue weighted by atomic mass is 35.5. The highest BCUT2D eigenvalue weighted by Crippen LogP contribution is 2.03. The molecule has 1 unspecified atom stereocenters. The summed E-state index contributed by atoms with van der Waals surface area (Å²) < 4.78 is 25.4. The van der Waals surface area contributed by atoms with Gasteiger partial charge in [-0.15, -0.1) is 11.6 Å². The van der Waals surface area contributed by atoms with Crippen LogP contribution >= 0.6 is 11.6 Å². The molecule has 14 heavy (non-hydrogen) atoms. The molecule has 0 amide bonds. The van der Waals surface area contributed by atoms with Gasteiger partial charge in [0.1, 0.15) is 0 Å². The lowest BCUT2D eigenvalue weighted by Crippen LogP contribution is -2.29. The number of nitrogens with one attached hydrogen (secondary N) is 2. The first-order chi connectivity index (χ1) is 6.56. The lowest BCUT2D eigenvalue weighted by atomic mass is 10.2. The largest absolute Gasteiger partial charge is 0.266 e. The quantitative estimate of drug-likeness (QED) is 0.735. The molecule has 1 aromatic rings. The number of rotatable bonds is 5. The van der Waals surface area contributed by atoms with E-state index in [-0.39, 0.29) is 10.9 Å². The molecule has 0 fully saturated rings. The zero-order valence-electron chi connectivity index (χ0n) is 7.70. The van der Waals surface area contributed by atoms with Crippen LogP contribution in [0.1, 0.15) is 6.92 Å². The Hall–Kier alpha value is -0.590. The van der Waals surface area contributed by atoms with Gasteiger partial charge in [0.15, 0.2) is 5.03 Å². The van der Waals surface area contributed by atoms with Crippen LogP contribution in [0.15, 0.2) is 17.3 Å². The molecule has 1 rings (SSSR count). The highest BCUT2D eigenvalue weighted by Gasteiger charge is 2.15. The van der Waals surface area contributed by atoms with Crippen molar-refractivity contribution in [3.63, 3.8) is 0 Å². The van der Waals surface area contributed by atoms with Crippen molar-refractivity contribution in [2.24, 2.45) is 5.92 Å². The number of hydrogen-bond acceptors (Lipinski definition) is 3. The van der Waals surface area contributed by atoms with Crippen molar-refractivity contribution >= 4 is 21.6 Å². The molecule has 0 saturated carbocycles. The van der Waals surface area contributed by atoms with E-state index in [9.17, 15) is 8.42 Å². The molecule has 0 aliphatic rings. The fourth-order valence-electron chi connectivity index (χ4n) is 0.777. The molecule has 0 aliphatic heterocycles. The van der Waals surface area contributed by atoms with E-state index in [1.165, 1.54) is 12.3 Å². The Labute approximate surface area is 87.9 Å². The van der Waals surface area contributed by atoms with Crippen molar-refractivity contribution in [2.75, 3.05) is 12.4 Å². The summed E-state index contributed by atoms with van der Waals surface area (Å²) in [6.07, 6.45) is 1.39. The average Bonchev–Trinajstić information content (AvgIpc) is 2.67. The van der Waals surface area contributed by atoms with Gasteiger partial charge in [0, 0.05) is 12.4 Å². The van der Waals surface area contributed by atoms with Gasteiger partial charge in [0.05, 0.1) is 6.20 Å². The second kappa shape index (κ2) is 4.77. The third kappa shape index (κ3) is 2.97. The van der Waals surface area contributed by atoms with E-state index in [1.54, 1.807) is 0 Å². The Bertz CT molecular complexity index is 362. The first-order valence-corrected chi connectivity index (χ1v) is 6.13. The molecule has 5 nitrogen and oxygen atoms in total. The third-order valence-corrected chi connectivity index (χ3v) is 3.53. The number of aromatic nitrogens is 2. The number of H-pyrrole nitrogens is 1. The molecule has 1 aromatic heterocycles. The number of halogens is 1. The first kappa shape index (κ1) is 11.5. The van der Waals surface area contributed by atoms with Gasteiger partial charge in [-0.05, 0) is 12.0 Å². The second-order valence-corrected chi connectivity index (χ2v) is 5.08. The van der Waals surface area contributed by atoms with Crippen molar-refractivity contribution in [2.45, 2.75) is 11.9 Å². The maximum atomic E-state index is 11.5. The fourth-order valence-corrected chi connectivity index (χ4v) is 1.96. The molecule has 1 heterocycles. The van der Waals surface area contributed by atoms with Crippen molar-refractivity contribution in [1.29, 1.82) is 0 Å². The molecule has 7 heteroatoms. The van der Waals surface area contributed by atoms with Crippen LogP contribution in [0.3, 0.4) is 0 Å². The normalized spacial score (nSPS) is 14.1. The molecule has 0 bridgehead atoms. The SMILES string of the molecule is CC(CCl)CNS(=O)(=O)c1ccn[nH]1. The number of aromatic amines is 1. The van der Waals surface area contributed by atoms with Crippen LogP contribution in [-0.4, -0.2) is 31.0 Å². The molecule has 0 aromatic carbocycles. The van der Waals surface area contributed by atoms with E-state index in [0.29, 0.717) is 12.4 Å². The Balaban J connectivity index is 2.60. The van der Waals surface area contributed by atoms with Crippen LogP contribution in [0.2, 0.25) is 0 Å². The van der Waals surface area contributed by atoms with Crippen LogP contribution in [0.25, 0.3) is 0 Å². The zero-order valence-corrected chi connectivity index (χ0v) is 9.27. The van der Waals surface area contributed by atoms with Crippen molar-refractivity contribution < 1.29 is 8.42 Å². The molecule has 0 aliphatic carbocycles. The van der Waals surface area contributed by atoms with Gasteiger partial charge in [-0.25, -0.2) is 13.1 Å². The zero-order chi connectivity index (χ0) is 10.6. The van der Waals surface area contributed by atoms with Crippen LogP contribution in [-0.2, 0) is 10.0 Å². The molecular formula is C7H12ClN3O2S. The summed E-state index contributed by atoms with van der Waals surface area (Å²) >= 11 is 5.55. The van der Waals surface area contributed by atoms with E-state index in [2.05, 4.69) is 14.9 Å². The molecule has 0 spiro atoms. The van der Waals surface area contributed by atoms with Gasteiger partial charge >= 0.3 is 0 Å². The van der Waals surface area contributed by atoms with Crippen LogP contribution < -0.4 is 4.72 Å². The summed E-state index contributed by atoms with van der Waals surface area (Å²) in [6.45, 7) is 2.19. The Morgan fingerprint density at radius 2 is 2.43 bits per heavy atom. The van der Waals surface area contributed by atoms with Gasteiger partial charge in [-0.1, -0.05) is 6.92 Å². The summed E-state index contributed by atoms with van der Waals surface area (Å²) in [5.74, 6) is 0.528. The molecular weight excluding hydrogens is 226 g/mol. The van der Waals surface area contributed by atoms with E-state index in [0.717, 1.165) is 0 Å². The monoisotopic (exact) mass is 237 g/mol. The summed E-state index contributed by atoms with van der Waals surface area (Å²) in [4.78, 5) is 0. The average molecular weight is 238 g/mol.